The standard InChI is InChI=1S/C15H31N3O.HI/c1-4-12-19-15(10-8-7-9-11-15)13-17-14(16)18(5-2)6-3;/h4-13H2,1-3H3,(H2,16,17);1H. The fraction of sp³-hybridized carbons (Fsp3) is 0.933. The third kappa shape index (κ3) is 6.16. The monoisotopic (exact) mass is 397 g/mol. The molecular formula is C15H32IN3O. The third-order valence-corrected chi connectivity index (χ3v) is 3.99. The van der Waals surface area contributed by atoms with E-state index in [0.717, 1.165) is 45.5 Å². The van der Waals surface area contributed by atoms with Crippen LogP contribution in [-0.2, 0) is 4.74 Å². The molecular weight excluding hydrogens is 365 g/mol. The van der Waals surface area contributed by atoms with Crippen LogP contribution in [-0.4, -0.2) is 42.7 Å². The Morgan fingerprint density at radius 3 is 2.25 bits per heavy atom. The van der Waals surface area contributed by atoms with Crippen LogP contribution in [0.4, 0.5) is 0 Å². The summed E-state index contributed by atoms with van der Waals surface area (Å²) in [6, 6.07) is 0. The number of ether oxygens (including phenoxy) is 1. The van der Waals surface area contributed by atoms with Crippen molar-refractivity contribution in [1.29, 1.82) is 0 Å². The van der Waals surface area contributed by atoms with E-state index in [-0.39, 0.29) is 29.6 Å². The summed E-state index contributed by atoms with van der Waals surface area (Å²) in [7, 11) is 0. The van der Waals surface area contributed by atoms with E-state index in [9.17, 15) is 0 Å². The van der Waals surface area contributed by atoms with E-state index in [1.807, 2.05) is 0 Å². The minimum Gasteiger partial charge on any atom is -0.373 e. The van der Waals surface area contributed by atoms with Crippen LogP contribution in [0, 0.1) is 0 Å². The van der Waals surface area contributed by atoms with Crippen LogP contribution in [0.1, 0.15) is 59.3 Å². The predicted octanol–water partition coefficient (Wildman–Crippen LogP) is 3.39. The SMILES string of the molecule is CCCOC1(CN=C(N)N(CC)CC)CCCCC1.I. The van der Waals surface area contributed by atoms with Gasteiger partial charge in [0.1, 0.15) is 0 Å². The van der Waals surface area contributed by atoms with Crippen LogP contribution >= 0.6 is 24.0 Å². The highest BCUT2D eigenvalue weighted by Gasteiger charge is 2.32. The molecule has 1 fully saturated rings. The molecule has 1 rings (SSSR count). The molecule has 20 heavy (non-hydrogen) atoms. The quantitative estimate of drug-likeness (QED) is 0.407. The second-order valence-corrected chi connectivity index (χ2v) is 5.44. The molecule has 0 unspecified atom stereocenters. The number of guanidine groups is 1. The van der Waals surface area contributed by atoms with Gasteiger partial charge in [-0.3, -0.25) is 4.99 Å². The number of hydrogen-bond donors (Lipinski definition) is 1. The van der Waals surface area contributed by atoms with Crippen LogP contribution in [0.3, 0.4) is 0 Å². The van der Waals surface area contributed by atoms with Crippen LogP contribution in [0.5, 0.6) is 0 Å². The van der Waals surface area contributed by atoms with E-state index in [4.69, 9.17) is 10.5 Å². The lowest BCUT2D eigenvalue weighted by molar-refractivity contribution is -0.0625. The van der Waals surface area contributed by atoms with Crippen molar-refractivity contribution in [2.24, 2.45) is 10.7 Å². The Kier molecular flexibility index (Phi) is 10.6. The van der Waals surface area contributed by atoms with Crippen molar-refractivity contribution in [3.8, 4) is 0 Å². The van der Waals surface area contributed by atoms with Gasteiger partial charge >= 0.3 is 0 Å². The lowest BCUT2D eigenvalue weighted by Crippen LogP contribution is -2.42. The zero-order valence-corrected chi connectivity index (χ0v) is 15.7. The van der Waals surface area contributed by atoms with E-state index >= 15 is 0 Å². The van der Waals surface area contributed by atoms with Gasteiger partial charge in [-0.2, -0.15) is 0 Å². The summed E-state index contributed by atoms with van der Waals surface area (Å²) in [6.45, 7) is 9.75. The lowest BCUT2D eigenvalue weighted by atomic mass is 9.84. The van der Waals surface area contributed by atoms with Gasteiger partial charge < -0.3 is 15.4 Å². The summed E-state index contributed by atoms with van der Waals surface area (Å²) in [5.74, 6) is 0.662. The molecule has 0 amide bonds. The van der Waals surface area contributed by atoms with Gasteiger partial charge in [0.05, 0.1) is 12.1 Å². The van der Waals surface area contributed by atoms with Gasteiger partial charge in [0.15, 0.2) is 5.96 Å². The minimum atomic E-state index is -0.0496. The largest absolute Gasteiger partial charge is 0.373 e. The molecule has 1 aliphatic rings. The number of nitrogens with two attached hydrogens (primary N) is 1. The van der Waals surface area contributed by atoms with Crippen molar-refractivity contribution in [2.45, 2.75) is 64.9 Å². The maximum absolute atomic E-state index is 6.14. The molecule has 0 aliphatic heterocycles. The Balaban J connectivity index is 0.00000361. The molecule has 0 aromatic heterocycles. The summed E-state index contributed by atoms with van der Waals surface area (Å²) in [6.07, 6.45) is 7.16. The number of rotatable bonds is 7. The summed E-state index contributed by atoms with van der Waals surface area (Å²) in [5, 5.41) is 0. The maximum atomic E-state index is 6.14. The smallest absolute Gasteiger partial charge is 0.191 e. The van der Waals surface area contributed by atoms with Crippen molar-refractivity contribution < 1.29 is 4.74 Å². The van der Waals surface area contributed by atoms with E-state index in [1.165, 1.54) is 19.3 Å². The van der Waals surface area contributed by atoms with Gasteiger partial charge in [-0.1, -0.05) is 26.2 Å². The molecule has 5 heteroatoms. The minimum absolute atomic E-state index is 0. The fourth-order valence-electron chi connectivity index (χ4n) is 2.74. The Morgan fingerprint density at radius 2 is 1.75 bits per heavy atom. The Morgan fingerprint density at radius 1 is 1.15 bits per heavy atom. The molecule has 0 saturated heterocycles. The number of halogens is 1. The van der Waals surface area contributed by atoms with Crippen LogP contribution < -0.4 is 5.73 Å². The fourth-order valence-corrected chi connectivity index (χ4v) is 2.74. The van der Waals surface area contributed by atoms with Crippen molar-refractivity contribution in [3.05, 3.63) is 0 Å². The highest BCUT2D eigenvalue weighted by molar-refractivity contribution is 14.0. The Bertz CT molecular complexity index is 274. The first-order chi connectivity index (χ1) is 9.17. The van der Waals surface area contributed by atoms with Crippen molar-refractivity contribution in [1.82, 2.24) is 4.90 Å². The molecule has 0 bridgehead atoms. The Labute approximate surface area is 141 Å². The van der Waals surface area contributed by atoms with E-state index < -0.39 is 0 Å². The predicted molar refractivity (Wildman–Crippen MR) is 96.9 cm³/mol. The molecule has 0 radical (unpaired) electrons. The maximum Gasteiger partial charge on any atom is 0.191 e. The van der Waals surface area contributed by atoms with E-state index in [1.54, 1.807) is 0 Å². The van der Waals surface area contributed by atoms with Gasteiger partial charge in [0.25, 0.3) is 0 Å². The Hall–Kier alpha value is -0.0400. The summed E-state index contributed by atoms with van der Waals surface area (Å²) < 4.78 is 6.14. The van der Waals surface area contributed by atoms with Gasteiger partial charge in [-0.25, -0.2) is 0 Å². The highest BCUT2D eigenvalue weighted by Crippen LogP contribution is 2.32. The molecule has 4 nitrogen and oxygen atoms in total. The van der Waals surface area contributed by atoms with Gasteiger partial charge in [0, 0.05) is 19.7 Å². The van der Waals surface area contributed by atoms with E-state index in [2.05, 4.69) is 30.7 Å². The summed E-state index contributed by atoms with van der Waals surface area (Å²) in [5.41, 5.74) is 6.01. The second-order valence-electron chi connectivity index (χ2n) is 5.44. The number of nitrogens with zero attached hydrogens (tertiary/aromatic N) is 2. The molecule has 0 aromatic carbocycles. The molecule has 0 heterocycles. The first-order valence-corrected chi connectivity index (χ1v) is 7.86. The van der Waals surface area contributed by atoms with Crippen LogP contribution in [0.15, 0.2) is 4.99 Å². The molecule has 1 saturated carbocycles. The van der Waals surface area contributed by atoms with Gasteiger partial charge in [0.2, 0.25) is 0 Å². The zero-order chi connectivity index (χ0) is 14.1. The van der Waals surface area contributed by atoms with Gasteiger partial charge in [-0.05, 0) is 33.1 Å². The summed E-state index contributed by atoms with van der Waals surface area (Å²) >= 11 is 0. The summed E-state index contributed by atoms with van der Waals surface area (Å²) in [4.78, 5) is 6.70. The van der Waals surface area contributed by atoms with E-state index in [0.29, 0.717) is 5.96 Å². The average Bonchev–Trinajstić information content (AvgIpc) is 2.45. The molecule has 2 N–H and O–H groups in total. The first kappa shape index (κ1) is 20.0. The molecule has 120 valence electrons. The third-order valence-electron chi connectivity index (χ3n) is 3.99. The highest BCUT2D eigenvalue weighted by atomic mass is 127. The van der Waals surface area contributed by atoms with Crippen molar-refractivity contribution in [3.63, 3.8) is 0 Å². The second kappa shape index (κ2) is 10.7. The lowest BCUT2D eigenvalue weighted by Gasteiger charge is -2.36. The van der Waals surface area contributed by atoms with Gasteiger partial charge in [-0.15, -0.1) is 24.0 Å². The zero-order valence-electron chi connectivity index (χ0n) is 13.4. The van der Waals surface area contributed by atoms with Crippen molar-refractivity contribution in [2.75, 3.05) is 26.2 Å². The normalized spacial score (nSPS) is 18.4. The van der Waals surface area contributed by atoms with Crippen molar-refractivity contribution >= 4 is 29.9 Å². The first-order valence-electron chi connectivity index (χ1n) is 7.86. The number of hydrogen-bond acceptors (Lipinski definition) is 2. The van der Waals surface area contributed by atoms with Crippen LogP contribution in [0.2, 0.25) is 0 Å². The molecule has 0 aromatic rings. The molecule has 0 atom stereocenters. The number of aliphatic imine (C=N–C) groups is 1. The van der Waals surface area contributed by atoms with Crippen LogP contribution in [0.25, 0.3) is 0 Å². The molecule has 1 aliphatic carbocycles. The molecule has 0 spiro atoms. The topological polar surface area (TPSA) is 50.9 Å². The average molecular weight is 397 g/mol.